The topological polar surface area (TPSA) is 66.4 Å². The molecule has 3 atom stereocenters. The van der Waals surface area contributed by atoms with Crippen LogP contribution < -0.4 is 5.32 Å². The molecule has 2 aromatic rings. The minimum atomic E-state index is -4.67. The van der Waals surface area contributed by atoms with Crippen LogP contribution in [-0.2, 0) is 16.0 Å². The molecule has 34 heavy (non-hydrogen) atoms. The van der Waals surface area contributed by atoms with Crippen molar-refractivity contribution in [2.75, 3.05) is 5.32 Å². The minimum absolute atomic E-state index is 0.0629. The molecular weight excluding hydrogens is 450 g/mol. The molecule has 0 aromatic heterocycles. The van der Waals surface area contributed by atoms with Gasteiger partial charge < -0.3 is 10.4 Å². The van der Waals surface area contributed by atoms with Crippen LogP contribution in [0.25, 0.3) is 6.08 Å². The van der Waals surface area contributed by atoms with E-state index in [1.807, 2.05) is 0 Å². The molecule has 0 saturated carbocycles. The maximum absolute atomic E-state index is 14.5. The number of nitrogens with one attached hydrogen (secondary N) is 1. The third-order valence-electron chi connectivity index (χ3n) is 5.90. The van der Waals surface area contributed by atoms with Crippen molar-refractivity contribution in [2.24, 2.45) is 17.3 Å². The molecule has 0 fully saturated rings. The number of anilines is 1. The molecule has 4 nitrogen and oxygen atoms in total. The molecule has 184 valence electrons. The molecule has 1 amide bonds. The fourth-order valence-electron chi connectivity index (χ4n) is 3.70. The number of hydrogen-bond donors (Lipinski definition) is 2. The van der Waals surface area contributed by atoms with Gasteiger partial charge in [0.05, 0.1) is 23.4 Å². The first-order chi connectivity index (χ1) is 15.6. The van der Waals surface area contributed by atoms with Crippen molar-refractivity contribution in [2.45, 2.75) is 46.2 Å². The number of halogens is 4. The Bertz CT molecular complexity index is 1040. The molecule has 2 aromatic carbocycles. The van der Waals surface area contributed by atoms with Crippen molar-refractivity contribution >= 4 is 23.6 Å². The Morgan fingerprint density at radius 3 is 2.15 bits per heavy atom. The van der Waals surface area contributed by atoms with Gasteiger partial charge in [0.25, 0.3) is 0 Å². The van der Waals surface area contributed by atoms with Crippen LogP contribution in [0.4, 0.5) is 23.2 Å². The third-order valence-corrected chi connectivity index (χ3v) is 5.90. The zero-order valence-electron chi connectivity index (χ0n) is 19.5. The van der Waals surface area contributed by atoms with Crippen LogP contribution in [0.3, 0.4) is 0 Å². The number of alkyl halides is 3. The van der Waals surface area contributed by atoms with Crippen LogP contribution in [-0.4, -0.2) is 23.2 Å². The number of carboxylic acid groups (broad SMARTS) is 1. The molecular formula is C26H29F4NO3. The second-order valence-electron chi connectivity index (χ2n) is 9.44. The summed E-state index contributed by atoms with van der Waals surface area (Å²) < 4.78 is 55.2. The fourth-order valence-corrected chi connectivity index (χ4v) is 3.70. The highest BCUT2D eigenvalue weighted by Gasteiger charge is 2.45. The number of hydrogen-bond acceptors (Lipinski definition) is 2. The van der Waals surface area contributed by atoms with Gasteiger partial charge in [-0.3, -0.25) is 9.59 Å². The molecule has 2 N–H and O–H groups in total. The molecule has 0 aliphatic heterocycles. The van der Waals surface area contributed by atoms with E-state index in [0.29, 0.717) is 11.1 Å². The van der Waals surface area contributed by atoms with Gasteiger partial charge in [0.2, 0.25) is 5.91 Å². The quantitative estimate of drug-likeness (QED) is 0.415. The second kappa shape index (κ2) is 10.4. The molecule has 0 aliphatic rings. The number of carbonyl (C=O) groups excluding carboxylic acids is 1. The SMILES string of the molecule is C=Cc1ccc([C@@H](C(=O)Nc2cc(CC(C(=O)O)C(C)(C)C)ccc2F)[C@@H](C)C(F)(F)F)cc1. The maximum atomic E-state index is 14.5. The van der Waals surface area contributed by atoms with E-state index in [0.717, 1.165) is 13.0 Å². The number of amides is 1. The van der Waals surface area contributed by atoms with E-state index in [1.165, 1.54) is 30.3 Å². The zero-order chi connectivity index (χ0) is 25.8. The Balaban J connectivity index is 2.39. The number of carbonyl (C=O) groups is 2. The summed E-state index contributed by atoms with van der Waals surface area (Å²) in [5.41, 5.74) is 0.350. The minimum Gasteiger partial charge on any atom is -0.481 e. The molecule has 2 rings (SSSR count). The van der Waals surface area contributed by atoms with Crippen molar-refractivity contribution < 1.29 is 32.3 Å². The van der Waals surface area contributed by atoms with Crippen LogP contribution in [0.1, 0.15) is 50.3 Å². The summed E-state index contributed by atoms with van der Waals surface area (Å²) in [6.07, 6.45) is -3.08. The number of benzene rings is 2. The van der Waals surface area contributed by atoms with Crippen molar-refractivity contribution in [3.8, 4) is 0 Å². The first-order valence-corrected chi connectivity index (χ1v) is 10.8. The second-order valence-corrected chi connectivity index (χ2v) is 9.44. The highest BCUT2D eigenvalue weighted by atomic mass is 19.4. The van der Waals surface area contributed by atoms with E-state index >= 15 is 0 Å². The standard InChI is InChI=1S/C26H29F4NO3/c1-6-16-7-10-18(11-8-16)22(15(2)26(28,29)30)23(32)31-21-14-17(9-12-20(21)27)13-19(24(33)34)25(3,4)5/h6-12,14-15,19,22H,1,13H2,2-5H3,(H,31,32)(H,33,34)/t15-,19?,22+/m1/s1. The van der Waals surface area contributed by atoms with Gasteiger partial charge >= 0.3 is 12.1 Å². The summed E-state index contributed by atoms with van der Waals surface area (Å²) >= 11 is 0. The lowest BCUT2D eigenvalue weighted by Gasteiger charge is -2.27. The van der Waals surface area contributed by atoms with Gasteiger partial charge in [0, 0.05) is 0 Å². The van der Waals surface area contributed by atoms with E-state index in [4.69, 9.17) is 0 Å². The molecule has 0 spiro atoms. The predicted molar refractivity (Wildman–Crippen MR) is 124 cm³/mol. The van der Waals surface area contributed by atoms with Gasteiger partial charge in [-0.2, -0.15) is 13.2 Å². The Hall–Kier alpha value is -3.16. The molecule has 0 aliphatic carbocycles. The lowest BCUT2D eigenvalue weighted by molar-refractivity contribution is -0.178. The van der Waals surface area contributed by atoms with E-state index in [1.54, 1.807) is 32.9 Å². The lowest BCUT2D eigenvalue weighted by atomic mass is 9.77. The summed E-state index contributed by atoms with van der Waals surface area (Å²) in [6.45, 7) is 9.79. The van der Waals surface area contributed by atoms with Crippen molar-refractivity contribution in [3.05, 3.63) is 71.6 Å². The third kappa shape index (κ3) is 6.68. The molecule has 0 saturated heterocycles. The average molecular weight is 480 g/mol. The van der Waals surface area contributed by atoms with Crippen LogP contribution in [0.2, 0.25) is 0 Å². The van der Waals surface area contributed by atoms with Crippen LogP contribution in [0.5, 0.6) is 0 Å². The van der Waals surface area contributed by atoms with Crippen molar-refractivity contribution in [1.82, 2.24) is 0 Å². The number of rotatable bonds is 8. The smallest absolute Gasteiger partial charge is 0.392 e. The Morgan fingerprint density at radius 1 is 1.09 bits per heavy atom. The van der Waals surface area contributed by atoms with E-state index < -0.39 is 47.0 Å². The first kappa shape index (κ1) is 27.1. The molecule has 0 radical (unpaired) electrons. The van der Waals surface area contributed by atoms with Crippen LogP contribution in [0.15, 0.2) is 49.0 Å². The largest absolute Gasteiger partial charge is 0.481 e. The summed E-state index contributed by atoms with van der Waals surface area (Å²) in [5, 5.41) is 11.8. The van der Waals surface area contributed by atoms with E-state index in [2.05, 4.69) is 11.9 Å². The molecule has 1 unspecified atom stereocenters. The first-order valence-electron chi connectivity index (χ1n) is 10.8. The number of carboxylic acids is 1. The predicted octanol–water partition coefficient (Wildman–Crippen LogP) is 6.68. The highest BCUT2D eigenvalue weighted by Crippen LogP contribution is 2.38. The monoisotopic (exact) mass is 479 g/mol. The Morgan fingerprint density at radius 2 is 1.68 bits per heavy atom. The van der Waals surface area contributed by atoms with E-state index in [9.17, 15) is 32.3 Å². The van der Waals surface area contributed by atoms with Gasteiger partial charge in [-0.15, -0.1) is 0 Å². The molecule has 0 heterocycles. The Kier molecular flexibility index (Phi) is 8.29. The van der Waals surface area contributed by atoms with Crippen LogP contribution in [0, 0.1) is 23.1 Å². The van der Waals surface area contributed by atoms with Gasteiger partial charge in [-0.1, -0.05) is 70.7 Å². The lowest BCUT2D eigenvalue weighted by Crippen LogP contribution is -2.34. The summed E-state index contributed by atoms with van der Waals surface area (Å²) in [7, 11) is 0. The summed E-state index contributed by atoms with van der Waals surface area (Å²) in [4.78, 5) is 24.7. The van der Waals surface area contributed by atoms with Crippen molar-refractivity contribution in [3.63, 3.8) is 0 Å². The zero-order valence-corrected chi connectivity index (χ0v) is 19.5. The molecule has 8 heteroatoms. The number of aliphatic carboxylic acids is 1. The van der Waals surface area contributed by atoms with Gasteiger partial charge in [0.1, 0.15) is 5.82 Å². The fraction of sp³-hybridized carbons (Fsp3) is 0.385. The van der Waals surface area contributed by atoms with Gasteiger partial charge in [-0.25, -0.2) is 4.39 Å². The van der Waals surface area contributed by atoms with Crippen molar-refractivity contribution in [1.29, 1.82) is 0 Å². The highest BCUT2D eigenvalue weighted by molar-refractivity contribution is 5.96. The molecule has 0 bridgehead atoms. The van der Waals surface area contributed by atoms with E-state index in [-0.39, 0.29) is 17.7 Å². The normalized spacial score (nSPS) is 14.7. The summed E-state index contributed by atoms with van der Waals surface area (Å²) in [6, 6.07) is 9.65. The summed E-state index contributed by atoms with van der Waals surface area (Å²) in [5.74, 6) is -7.32. The van der Waals surface area contributed by atoms with Gasteiger partial charge in [-0.05, 0) is 40.7 Å². The van der Waals surface area contributed by atoms with Crippen LogP contribution >= 0.6 is 0 Å². The average Bonchev–Trinajstić information content (AvgIpc) is 2.73. The van der Waals surface area contributed by atoms with Gasteiger partial charge in [0.15, 0.2) is 0 Å². The maximum Gasteiger partial charge on any atom is 0.392 e. The Labute approximate surface area is 196 Å².